The lowest BCUT2D eigenvalue weighted by molar-refractivity contribution is 0.0688. The molecule has 0 bridgehead atoms. The van der Waals surface area contributed by atoms with Gasteiger partial charge in [-0.1, -0.05) is 11.6 Å². The lowest BCUT2D eigenvalue weighted by atomic mass is 10.1. The van der Waals surface area contributed by atoms with Crippen molar-refractivity contribution in [2.75, 3.05) is 0 Å². The minimum Gasteiger partial charge on any atom is -0.485 e. The quantitative estimate of drug-likeness (QED) is 0.434. The molecule has 0 aliphatic rings. The summed E-state index contributed by atoms with van der Waals surface area (Å²) < 4.78 is 9.11. The number of ether oxygens (including phenoxy) is 1. The average Bonchev–Trinajstić information content (AvgIpc) is 3.22. The van der Waals surface area contributed by atoms with Gasteiger partial charge >= 0.3 is 0 Å². The highest BCUT2D eigenvalue weighted by Crippen LogP contribution is 2.30. The van der Waals surface area contributed by atoms with Gasteiger partial charge in [0, 0.05) is 36.9 Å². The number of nitrogens with zero attached hydrogens (tertiary/aromatic N) is 6. The molecule has 182 valence electrons. The van der Waals surface area contributed by atoms with Crippen LogP contribution in [0.2, 0.25) is 5.02 Å². The van der Waals surface area contributed by atoms with Crippen molar-refractivity contribution < 1.29 is 9.84 Å². The molecule has 0 unspecified atom stereocenters. The van der Waals surface area contributed by atoms with E-state index >= 15 is 0 Å². The molecule has 0 spiro atoms. The number of aliphatic hydroxyl groups is 1. The topological polar surface area (TPSA) is 108 Å². The van der Waals surface area contributed by atoms with E-state index in [1.807, 2.05) is 40.1 Å². The zero-order valence-corrected chi connectivity index (χ0v) is 21.3. The van der Waals surface area contributed by atoms with Gasteiger partial charge < -0.3 is 9.84 Å². The summed E-state index contributed by atoms with van der Waals surface area (Å²) >= 11 is 6.50. The fourth-order valence-electron chi connectivity index (χ4n) is 3.70. The minimum atomic E-state index is -1.21. The van der Waals surface area contributed by atoms with Crippen molar-refractivity contribution in [3.8, 4) is 22.8 Å². The van der Waals surface area contributed by atoms with E-state index in [9.17, 15) is 9.90 Å². The summed E-state index contributed by atoms with van der Waals surface area (Å²) in [4.78, 5) is 26.6. The number of aromatic nitrogens is 6. The van der Waals surface area contributed by atoms with E-state index in [1.165, 1.54) is 4.57 Å². The van der Waals surface area contributed by atoms with E-state index in [1.54, 1.807) is 43.1 Å². The SMILES string of the molecule is Cc1cnc(C(C)(C)O)nc1-c1cc(-n2c(C)c(C)c(OCc3ccn(C)n3)c(Cl)c2=O)ccn1. The molecule has 9 nitrogen and oxygen atoms in total. The third kappa shape index (κ3) is 4.82. The Balaban J connectivity index is 1.76. The zero-order valence-electron chi connectivity index (χ0n) is 20.5. The zero-order chi connectivity index (χ0) is 25.5. The van der Waals surface area contributed by atoms with Crippen LogP contribution in [0.1, 0.15) is 42.2 Å². The maximum Gasteiger partial charge on any atom is 0.277 e. The van der Waals surface area contributed by atoms with Gasteiger partial charge in [-0.2, -0.15) is 5.10 Å². The van der Waals surface area contributed by atoms with Gasteiger partial charge in [0.05, 0.1) is 22.8 Å². The fraction of sp³-hybridized carbons (Fsp3) is 0.320. The van der Waals surface area contributed by atoms with Crippen molar-refractivity contribution in [1.82, 2.24) is 29.3 Å². The summed E-state index contributed by atoms with van der Waals surface area (Å²) in [7, 11) is 1.82. The second-order valence-electron chi connectivity index (χ2n) is 8.95. The van der Waals surface area contributed by atoms with Crippen LogP contribution >= 0.6 is 11.6 Å². The van der Waals surface area contributed by atoms with Crippen molar-refractivity contribution >= 4 is 11.6 Å². The maximum absolute atomic E-state index is 13.3. The number of hydrogen-bond acceptors (Lipinski definition) is 7. The molecule has 0 saturated heterocycles. The first-order chi connectivity index (χ1) is 16.5. The van der Waals surface area contributed by atoms with Crippen molar-refractivity contribution in [3.05, 3.63) is 80.5 Å². The molecule has 0 atom stereocenters. The molecular formula is C25H27ClN6O3. The lowest BCUT2D eigenvalue weighted by Crippen LogP contribution is -2.23. The highest BCUT2D eigenvalue weighted by molar-refractivity contribution is 6.32. The predicted octanol–water partition coefficient (Wildman–Crippen LogP) is 3.81. The number of hydrogen-bond donors (Lipinski definition) is 1. The van der Waals surface area contributed by atoms with Crippen LogP contribution < -0.4 is 10.3 Å². The maximum atomic E-state index is 13.3. The molecule has 35 heavy (non-hydrogen) atoms. The Morgan fingerprint density at radius 1 is 1.17 bits per heavy atom. The first kappa shape index (κ1) is 24.6. The Bertz CT molecular complexity index is 1470. The molecule has 0 amide bonds. The average molecular weight is 495 g/mol. The van der Waals surface area contributed by atoms with E-state index in [4.69, 9.17) is 16.3 Å². The van der Waals surface area contributed by atoms with Crippen molar-refractivity contribution in [3.63, 3.8) is 0 Å². The Kier molecular flexibility index (Phi) is 6.48. The van der Waals surface area contributed by atoms with Crippen LogP contribution in [-0.4, -0.2) is 34.4 Å². The van der Waals surface area contributed by atoms with Crippen LogP contribution in [0.15, 0.2) is 41.6 Å². The Morgan fingerprint density at radius 2 is 1.91 bits per heavy atom. The van der Waals surface area contributed by atoms with Gasteiger partial charge in [0.2, 0.25) is 0 Å². The summed E-state index contributed by atoms with van der Waals surface area (Å²) in [6.07, 6.45) is 5.08. The van der Waals surface area contributed by atoms with Crippen molar-refractivity contribution in [1.29, 1.82) is 0 Å². The molecular weight excluding hydrogens is 468 g/mol. The third-order valence-corrected chi connectivity index (χ3v) is 6.04. The third-order valence-electron chi connectivity index (χ3n) is 5.71. The fourth-order valence-corrected chi connectivity index (χ4v) is 3.98. The van der Waals surface area contributed by atoms with Gasteiger partial charge in [-0.25, -0.2) is 9.97 Å². The highest BCUT2D eigenvalue weighted by atomic mass is 35.5. The normalized spacial score (nSPS) is 11.7. The molecule has 4 rings (SSSR count). The standard InChI is InChI=1S/C25H27ClN6O3/c1-14-12-28-24(25(4,5)34)29-21(14)19-11-18(7-9-27-19)32-16(3)15(2)22(20(26)23(32)33)35-13-17-8-10-31(6)30-17/h7-12,34H,13H2,1-6H3. The summed E-state index contributed by atoms with van der Waals surface area (Å²) in [6.45, 7) is 9.00. The van der Waals surface area contributed by atoms with E-state index < -0.39 is 11.2 Å². The first-order valence-electron chi connectivity index (χ1n) is 11.0. The first-order valence-corrected chi connectivity index (χ1v) is 11.4. The van der Waals surface area contributed by atoms with Gasteiger partial charge in [-0.3, -0.25) is 19.0 Å². The van der Waals surface area contributed by atoms with Crippen molar-refractivity contribution in [2.45, 2.75) is 46.8 Å². The molecule has 4 aromatic rings. The van der Waals surface area contributed by atoms with E-state index in [0.29, 0.717) is 28.5 Å². The molecule has 0 aliphatic heterocycles. The van der Waals surface area contributed by atoms with E-state index in [0.717, 1.165) is 16.8 Å². The minimum absolute atomic E-state index is 0.00933. The Hall–Kier alpha value is -3.56. The lowest BCUT2D eigenvalue weighted by Gasteiger charge is -2.19. The predicted molar refractivity (Wildman–Crippen MR) is 133 cm³/mol. The van der Waals surface area contributed by atoms with Gasteiger partial charge in [0.15, 0.2) is 5.82 Å². The largest absolute Gasteiger partial charge is 0.485 e. The van der Waals surface area contributed by atoms with Crippen LogP contribution in [0.3, 0.4) is 0 Å². The number of aryl methyl sites for hydroxylation is 2. The Labute approximate surface area is 208 Å². The van der Waals surface area contributed by atoms with Crippen LogP contribution in [0.25, 0.3) is 17.1 Å². The van der Waals surface area contributed by atoms with Crippen molar-refractivity contribution in [2.24, 2.45) is 7.05 Å². The van der Waals surface area contributed by atoms with Gasteiger partial charge in [-0.05, 0) is 58.4 Å². The monoisotopic (exact) mass is 494 g/mol. The smallest absolute Gasteiger partial charge is 0.277 e. The van der Waals surface area contributed by atoms with Gasteiger partial charge in [0.1, 0.15) is 23.0 Å². The van der Waals surface area contributed by atoms with Crippen LogP contribution in [0, 0.1) is 20.8 Å². The molecule has 1 N–H and O–H groups in total. The summed E-state index contributed by atoms with van der Waals surface area (Å²) in [5.41, 5.74) is 3.04. The summed E-state index contributed by atoms with van der Waals surface area (Å²) in [6, 6.07) is 5.34. The van der Waals surface area contributed by atoms with Crippen LogP contribution in [-0.2, 0) is 19.3 Å². The summed E-state index contributed by atoms with van der Waals surface area (Å²) in [5, 5.41) is 14.6. The van der Waals surface area contributed by atoms with Crippen LogP contribution in [0.5, 0.6) is 5.75 Å². The van der Waals surface area contributed by atoms with E-state index in [2.05, 4.69) is 20.1 Å². The molecule has 10 heteroatoms. The molecule has 0 aromatic carbocycles. The molecule has 0 fully saturated rings. The molecule has 0 saturated carbocycles. The second kappa shape index (κ2) is 9.24. The highest BCUT2D eigenvalue weighted by Gasteiger charge is 2.22. The van der Waals surface area contributed by atoms with E-state index in [-0.39, 0.29) is 17.5 Å². The number of pyridine rings is 2. The van der Waals surface area contributed by atoms with Gasteiger partial charge in [0.25, 0.3) is 5.56 Å². The second-order valence-corrected chi connectivity index (χ2v) is 9.32. The molecule has 4 aromatic heterocycles. The molecule has 4 heterocycles. The van der Waals surface area contributed by atoms with Gasteiger partial charge in [-0.15, -0.1) is 0 Å². The molecule has 0 radical (unpaired) electrons. The Morgan fingerprint density at radius 3 is 2.57 bits per heavy atom. The number of halogens is 1. The molecule has 0 aliphatic carbocycles. The number of rotatable bonds is 6. The van der Waals surface area contributed by atoms with Crippen LogP contribution in [0.4, 0.5) is 0 Å². The summed E-state index contributed by atoms with van der Waals surface area (Å²) in [5.74, 6) is 0.624.